The monoisotopic (exact) mass is 540 g/mol. The summed E-state index contributed by atoms with van der Waals surface area (Å²) in [5.41, 5.74) is -0.324. The van der Waals surface area contributed by atoms with Gasteiger partial charge in [-0.25, -0.2) is 13.2 Å². The van der Waals surface area contributed by atoms with Crippen molar-refractivity contribution in [3.63, 3.8) is 0 Å². The summed E-state index contributed by atoms with van der Waals surface area (Å²) in [6, 6.07) is 4.91. The Bertz CT molecular complexity index is 981. The summed E-state index contributed by atoms with van der Waals surface area (Å²) in [6.45, 7) is 11.0. The molecule has 0 atom stereocenters. The molecule has 0 spiro atoms. The SMILES string of the molecule is CCCCS(=O)(=O)Nc1c(OCCCCC2CCN(C(=O)OC(C)(C)C)CC2)cccc1OC(=O)CC. The number of esters is 1. The Morgan fingerprint density at radius 3 is 2.35 bits per heavy atom. The quantitative estimate of drug-likeness (QED) is 0.193. The topological polar surface area (TPSA) is 111 Å². The molecule has 1 amide bonds. The lowest BCUT2D eigenvalue weighted by molar-refractivity contribution is -0.133. The molecular formula is C27H44N2O7S. The van der Waals surface area contributed by atoms with E-state index in [1.165, 1.54) is 0 Å². The van der Waals surface area contributed by atoms with Gasteiger partial charge < -0.3 is 19.1 Å². The largest absolute Gasteiger partial charge is 0.491 e. The number of carbonyl (C=O) groups is 2. The molecule has 210 valence electrons. The predicted molar refractivity (Wildman–Crippen MR) is 145 cm³/mol. The van der Waals surface area contributed by atoms with E-state index in [4.69, 9.17) is 14.2 Å². The molecule has 1 N–H and O–H groups in total. The van der Waals surface area contributed by atoms with Crippen molar-refractivity contribution in [3.05, 3.63) is 18.2 Å². The molecular weight excluding hydrogens is 496 g/mol. The first-order valence-corrected chi connectivity index (χ1v) is 15.0. The van der Waals surface area contributed by atoms with Gasteiger partial charge in [-0.05, 0) is 70.9 Å². The minimum absolute atomic E-state index is 0.0221. The molecule has 0 saturated carbocycles. The van der Waals surface area contributed by atoms with Crippen LogP contribution in [0.4, 0.5) is 10.5 Å². The summed E-state index contributed by atoms with van der Waals surface area (Å²) in [4.78, 5) is 25.9. The second kappa shape index (κ2) is 14.4. The van der Waals surface area contributed by atoms with Crippen LogP contribution in [0.5, 0.6) is 11.5 Å². The Kier molecular flexibility index (Phi) is 12.0. The van der Waals surface area contributed by atoms with E-state index in [1.807, 2.05) is 27.7 Å². The highest BCUT2D eigenvalue weighted by molar-refractivity contribution is 7.92. The van der Waals surface area contributed by atoms with Gasteiger partial charge in [0.05, 0.1) is 12.4 Å². The molecule has 1 fully saturated rings. The highest BCUT2D eigenvalue weighted by Crippen LogP contribution is 2.36. The number of likely N-dealkylation sites (tertiary alicyclic amines) is 1. The van der Waals surface area contributed by atoms with Crippen molar-refractivity contribution in [2.45, 2.75) is 91.6 Å². The first-order chi connectivity index (χ1) is 17.4. The lowest BCUT2D eigenvalue weighted by Gasteiger charge is -2.33. The Balaban J connectivity index is 1.87. The van der Waals surface area contributed by atoms with Crippen molar-refractivity contribution in [2.24, 2.45) is 5.92 Å². The molecule has 0 bridgehead atoms. The Labute approximate surface area is 222 Å². The number of nitrogens with zero attached hydrogens (tertiary/aromatic N) is 1. The van der Waals surface area contributed by atoms with Crippen molar-refractivity contribution in [1.82, 2.24) is 4.90 Å². The van der Waals surface area contributed by atoms with Gasteiger partial charge in [0.1, 0.15) is 17.0 Å². The maximum atomic E-state index is 12.6. The summed E-state index contributed by atoms with van der Waals surface area (Å²) in [5, 5.41) is 0. The average molecular weight is 541 g/mol. The molecule has 1 saturated heterocycles. The second-order valence-electron chi connectivity index (χ2n) is 10.5. The zero-order valence-electron chi connectivity index (χ0n) is 23.0. The first-order valence-electron chi connectivity index (χ1n) is 13.4. The third-order valence-electron chi connectivity index (χ3n) is 6.06. The van der Waals surface area contributed by atoms with Gasteiger partial charge in [0.25, 0.3) is 0 Å². The molecule has 2 rings (SSSR count). The minimum atomic E-state index is -3.61. The molecule has 0 aliphatic carbocycles. The van der Waals surface area contributed by atoms with E-state index in [-0.39, 0.29) is 29.7 Å². The van der Waals surface area contributed by atoms with Gasteiger partial charge >= 0.3 is 12.1 Å². The van der Waals surface area contributed by atoms with Crippen molar-refractivity contribution in [2.75, 3.05) is 30.2 Å². The number of sulfonamides is 1. The van der Waals surface area contributed by atoms with Crippen LogP contribution in [0.2, 0.25) is 0 Å². The lowest BCUT2D eigenvalue weighted by atomic mass is 9.92. The number of ether oxygens (including phenoxy) is 3. The summed E-state index contributed by atoms with van der Waals surface area (Å²) < 4.78 is 44.5. The van der Waals surface area contributed by atoms with Crippen LogP contribution in [-0.2, 0) is 19.6 Å². The van der Waals surface area contributed by atoms with Crippen molar-refractivity contribution in [3.8, 4) is 11.5 Å². The number of hydrogen-bond donors (Lipinski definition) is 1. The van der Waals surface area contributed by atoms with Gasteiger partial charge in [-0.2, -0.15) is 0 Å². The minimum Gasteiger partial charge on any atom is -0.491 e. The van der Waals surface area contributed by atoms with Crippen LogP contribution >= 0.6 is 0 Å². The number of hydrogen-bond acceptors (Lipinski definition) is 7. The van der Waals surface area contributed by atoms with E-state index in [9.17, 15) is 18.0 Å². The molecule has 1 aliphatic heterocycles. The zero-order chi connectivity index (χ0) is 27.5. The standard InChI is InChI=1S/C27H44N2O7S/c1-6-8-20-37(32,33)28-25-22(13-11-14-23(25)35-24(30)7-2)34-19-10-9-12-21-15-17-29(18-16-21)26(31)36-27(3,4)5/h11,13-14,21,28H,6-10,12,15-20H2,1-5H3. The molecule has 0 aromatic heterocycles. The van der Waals surface area contributed by atoms with Gasteiger partial charge in [-0.1, -0.05) is 32.8 Å². The van der Waals surface area contributed by atoms with Crippen molar-refractivity contribution < 1.29 is 32.2 Å². The maximum absolute atomic E-state index is 12.6. The summed E-state index contributed by atoms with van der Waals surface area (Å²) in [6.07, 6.45) is 5.90. The van der Waals surface area contributed by atoms with Crippen molar-refractivity contribution >= 4 is 27.8 Å². The van der Waals surface area contributed by atoms with Crippen LogP contribution < -0.4 is 14.2 Å². The fourth-order valence-electron chi connectivity index (χ4n) is 4.00. The molecule has 1 heterocycles. The summed E-state index contributed by atoms with van der Waals surface area (Å²) >= 11 is 0. The van der Waals surface area contributed by atoms with Gasteiger partial charge in [-0.3, -0.25) is 9.52 Å². The van der Waals surface area contributed by atoms with Crippen molar-refractivity contribution in [1.29, 1.82) is 0 Å². The fourth-order valence-corrected chi connectivity index (χ4v) is 5.28. The third-order valence-corrected chi connectivity index (χ3v) is 7.40. The van der Waals surface area contributed by atoms with E-state index in [0.717, 1.165) is 38.5 Å². The molecule has 1 aromatic carbocycles. The third kappa shape index (κ3) is 11.2. The fraction of sp³-hybridized carbons (Fsp3) is 0.704. The number of piperidine rings is 1. The number of anilines is 1. The van der Waals surface area contributed by atoms with E-state index >= 15 is 0 Å². The van der Waals surface area contributed by atoms with Crippen LogP contribution in [0.1, 0.15) is 86.0 Å². The predicted octanol–water partition coefficient (Wildman–Crippen LogP) is 5.74. The number of nitrogens with one attached hydrogen (secondary N) is 1. The highest BCUT2D eigenvalue weighted by Gasteiger charge is 2.26. The summed E-state index contributed by atoms with van der Waals surface area (Å²) in [7, 11) is -3.61. The number of carbonyl (C=O) groups excluding carboxylic acids is 2. The normalized spacial score (nSPS) is 14.8. The van der Waals surface area contributed by atoms with Gasteiger partial charge in [-0.15, -0.1) is 0 Å². The Hall–Kier alpha value is -2.49. The summed E-state index contributed by atoms with van der Waals surface area (Å²) in [5.74, 6) is 0.555. The number of unbranched alkanes of at least 4 members (excludes halogenated alkanes) is 2. The van der Waals surface area contributed by atoms with Gasteiger partial charge in [0.15, 0.2) is 5.75 Å². The zero-order valence-corrected chi connectivity index (χ0v) is 23.8. The number of para-hydroxylation sites is 1. The lowest BCUT2D eigenvalue weighted by Crippen LogP contribution is -2.41. The molecule has 37 heavy (non-hydrogen) atoms. The number of amides is 1. The van der Waals surface area contributed by atoms with Gasteiger partial charge in [0, 0.05) is 19.5 Å². The maximum Gasteiger partial charge on any atom is 0.410 e. The molecule has 9 nitrogen and oxygen atoms in total. The van der Waals surface area contributed by atoms with Crippen LogP contribution in [0.3, 0.4) is 0 Å². The van der Waals surface area contributed by atoms with Crippen LogP contribution in [0.25, 0.3) is 0 Å². The molecule has 10 heteroatoms. The van der Waals surface area contributed by atoms with Crippen LogP contribution in [0, 0.1) is 5.92 Å². The molecule has 0 radical (unpaired) electrons. The molecule has 1 aromatic rings. The molecule has 0 unspecified atom stereocenters. The molecule has 1 aliphatic rings. The first kappa shape index (κ1) is 30.7. The number of benzene rings is 1. The Morgan fingerprint density at radius 2 is 1.73 bits per heavy atom. The highest BCUT2D eigenvalue weighted by atomic mass is 32.2. The van der Waals surface area contributed by atoms with E-state index < -0.39 is 21.6 Å². The van der Waals surface area contributed by atoms with E-state index in [1.54, 1.807) is 30.0 Å². The smallest absolute Gasteiger partial charge is 0.410 e. The Morgan fingerprint density at radius 1 is 1.05 bits per heavy atom. The van der Waals surface area contributed by atoms with Crippen LogP contribution in [-0.4, -0.2) is 56.4 Å². The van der Waals surface area contributed by atoms with Crippen LogP contribution in [0.15, 0.2) is 18.2 Å². The number of rotatable bonds is 13. The van der Waals surface area contributed by atoms with Gasteiger partial charge in [0.2, 0.25) is 10.0 Å². The average Bonchev–Trinajstić information content (AvgIpc) is 2.83. The second-order valence-corrected chi connectivity index (χ2v) is 12.3. The van der Waals surface area contributed by atoms with E-state index in [0.29, 0.717) is 37.8 Å². The van der Waals surface area contributed by atoms with E-state index in [2.05, 4.69) is 4.72 Å².